The van der Waals surface area contributed by atoms with Crippen molar-refractivity contribution in [3.63, 3.8) is 0 Å². The molecule has 11 nitrogen and oxygen atoms in total. The quantitative estimate of drug-likeness (QED) is 0.443. The lowest BCUT2D eigenvalue weighted by Crippen LogP contribution is -2.40. The summed E-state index contributed by atoms with van der Waals surface area (Å²) in [4.78, 5) is 19.6. The maximum Gasteiger partial charge on any atom is 0.246 e. The number of methoxy groups -OCH3 is 1. The summed E-state index contributed by atoms with van der Waals surface area (Å²) >= 11 is 0. The van der Waals surface area contributed by atoms with Crippen molar-refractivity contribution in [3.8, 4) is 17.1 Å². The number of hydrogen-bond acceptors (Lipinski definition) is 9. The molecule has 0 bridgehead atoms. The van der Waals surface area contributed by atoms with Gasteiger partial charge < -0.3 is 19.3 Å². The number of piperidine rings is 1. The molecule has 2 fully saturated rings. The normalized spacial score (nSPS) is 17.7. The molecular weight excluding hydrogens is 529 g/mol. The van der Waals surface area contributed by atoms with Crippen LogP contribution in [0.1, 0.15) is 18.7 Å². The van der Waals surface area contributed by atoms with Gasteiger partial charge in [0.05, 0.1) is 26.9 Å². The van der Waals surface area contributed by atoms with Crippen molar-refractivity contribution in [3.05, 3.63) is 54.2 Å². The molecule has 208 valence electrons. The van der Waals surface area contributed by atoms with E-state index >= 15 is 0 Å². The van der Waals surface area contributed by atoms with Crippen LogP contribution in [0.4, 0.5) is 10.1 Å². The molecule has 3 aromatic rings. The molecule has 1 N–H and O–H groups in total. The fourth-order valence-corrected chi connectivity index (χ4v) is 6.30. The van der Waals surface area contributed by atoms with Crippen LogP contribution in [0.2, 0.25) is 0 Å². The lowest BCUT2D eigenvalue weighted by molar-refractivity contribution is -0.121. The molecule has 5 rings (SSSR count). The maximum absolute atomic E-state index is 13.2. The zero-order valence-corrected chi connectivity index (χ0v) is 22.3. The van der Waals surface area contributed by atoms with Crippen LogP contribution in [0.3, 0.4) is 0 Å². The van der Waals surface area contributed by atoms with Crippen LogP contribution >= 0.6 is 0 Å². The van der Waals surface area contributed by atoms with Gasteiger partial charge in [0.25, 0.3) is 0 Å². The highest BCUT2D eigenvalue weighted by Crippen LogP contribution is 2.31. The third-order valence-electron chi connectivity index (χ3n) is 6.91. The standard InChI is InChI=1S/C26H30FN5O6S/c1-36-22-7-6-21(16-23(22)39(34,35)32-12-14-37-15-13-32)28-26(33)19-8-10-31(11-9-19)17-24-29-25(30-38-24)18-2-4-20(27)5-3-18/h2-7,16,19H,8-15,17H2,1H3,(H,28,33). The van der Waals surface area contributed by atoms with Crippen molar-refractivity contribution in [2.45, 2.75) is 24.3 Å². The van der Waals surface area contributed by atoms with Gasteiger partial charge in [0.1, 0.15) is 16.5 Å². The predicted molar refractivity (Wildman–Crippen MR) is 139 cm³/mol. The van der Waals surface area contributed by atoms with Crippen molar-refractivity contribution in [1.29, 1.82) is 0 Å². The number of carbonyl (C=O) groups is 1. The van der Waals surface area contributed by atoms with Crippen LogP contribution < -0.4 is 10.1 Å². The summed E-state index contributed by atoms with van der Waals surface area (Å²) in [7, 11) is -2.39. The summed E-state index contributed by atoms with van der Waals surface area (Å²) in [5, 5.41) is 6.86. The second-order valence-electron chi connectivity index (χ2n) is 9.44. The van der Waals surface area contributed by atoms with Gasteiger partial charge in [0.15, 0.2) is 0 Å². The van der Waals surface area contributed by atoms with Gasteiger partial charge in [0.2, 0.25) is 27.6 Å². The lowest BCUT2D eigenvalue weighted by Gasteiger charge is -2.30. The first-order valence-corrected chi connectivity index (χ1v) is 14.1. The van der Waals surface area contributed by atoms with Crippen LogP contribution in [0.25, 0.3) is 11.4 Å². The van der Waals surface area contributed by atoms with Gasteiger partial charge >= 0.3 is 0 Å². The van der Waals surface area contributed by atoms with E-state index in [0.29, 0.717) is 68.7 Å². The minimum Gasteiger partial charge on any atom is -0.495 e. The van der Waals surface area contributed by atoms with E-state index in [1.54, 1.807) is 24.3 Å². The largest absolute Gasteiger partial charge is 0.495 e. The van der Waals surface area contributed by atoms with E-state index in [2.05, 4.69) is 20.4 Å². The highest BCUT2D eigenvalue weighted by atomic mass is 32.2. The number of rotatable bonds is 8. The number of sulfonamides is 1. The number of carbonyl (C=O) groups excluding carboxylic acids is 1. The zero-order chi connectivity index (χ0) is 27.4. The van der Waals surface area contributed by atoms with Crippen molar-refractivity contribution < 1.29 is 31.6 Å². The van der Waals surface area contributed by atoms with Crippen LogP contribution in [0.5, 0.6) is 5.75 Å². The molecule has 1 aromatic heterocycles. The Morgan fingerprint density at radius 1 is 1.10 bits per heavy atom. The zero-order valence-electron chi connectivity index (χ0n) is 21.5. The fraction of sp³-hybridized carbons (Fsp3) is 0.423. The number of likely N-dealkylation sites (tertiary alicyclic amines) is 1. The Bertz CT molecular complexity index is 1400. The van der Waals surface area contributed by atoms with Gasteiger partial charge in [-0.15, -0.1) is 0 Å². The van der Waals surface area contributed by atoms with Crippen molar-refractivity contribution >= 4 is 21.6 Å². The van der Waals surface area contributed by atoms with E-state index in [9.17, 15) is 17.6 Å². The Kier molecular flexibility index (Phi) is 8.21. The molecule has 0 aliphatic carbocycles. The highest BCUT2D eigenvalue weighted by Gasteiger charge is 2.31. The highest BCUT2D eigenvalue weighted by molar-refractivity contribution is 7.89. The smallest absolute Gasteiger partial charge is 0.246 e. The number of hydrogen-bond donors (Lipinski definition) is 1. The summed E-state index contributed by atoms with van der Waals surface area (Å²) in [6.45, 7) is 2.95. The van der Waals surface area contributed by atoms with Crippen LogP contribution in [-0.2, 0) is 26.1 Å². The van der Waals surface area contributed by atoms with Gasteiger partial charge in [-0.1, -0.05) is 5.16 Å². The molecule has 0 unspecified atom stereocenters. The van der Waals surface area contributed by atoms with Crippen molar-refractivity contribution in [1.82, 2.24) is 19.3 Å². The van der Waals surface area contributed by atoms with Crippen LogP contribution in [-0.4, -0.2) is 80.2 Å². The Labute approximate surface area is 225 Å². The second-order valence-corrected chi connectivity index (χ2v) is 11.3. The van der Waals surface area contributed by atoms with Gasteiger partial charge in [-0.2, -0.15) is 9.29 Å². The number of halogens is 1. The average molecular weight is 560 g/mol. The van der Waals surface area contributed by atoms with E-state index in [4.69, 9.17) is 14.0 Å². The summed E-state index contributed by atoms with van der Waals surface area (Å²) in [6, 6.07) is 10.5. The van der Waals surface area contributed by atoms with Crippen molar-refractivity contribution in [2.24, 2.45) is 5.92 Å². The molecule has 2 aromatic carbocycles. The van der Waals surface area contributed by atoms with E-state index in [1.807, 2.05) is 0 Å². The molecule has 2 saturated heterocycles. The number of nitrogens with one attached hydrogen (secondary N) is 1. The molecule has 0 atom stereocenters. The Balaban J connectivity index is 1.17. The fourth-order valence-electron chi connectivity index (χ4n) is 4.71. The molecule has 0 spiro atoms. The minimum absolute atomic E-state index is 0.0130. The first-order valence-electron chi connectivity index (χ1n) is 12.7. The number of ether oxygens (including phenoxy) is 2. The second kappa shape index (κ2) is 11.8. The van der Waals surface area contributed by atoms with Gasteiger partial charge in [-0.25, -0.2) is 12.8 Å². The van der Waals surface area contributed by atoms with Crippen LogP contribution in [0.15, 0.2) is 51.9 Å². The van der Waals surface area contributed by atoms with E-state index in [1.165, 1.54) is 29.6 Å². The summed E-state index contributed by atoms with van der Waals surface area (Å²) in [5.41, 5.74) is 1.07. The molecular formula is C26H30FN5O6S. The monoisotopic (exact) mass is 559 g/mol. The average Bonchev–Trinajstić information content (AvgIpc) is 3.42. The topological polar surface area (TPSA) is 127 Å². The Hall–Kier alpha value is -3.39. The number of nitrogens with zero attached hydrogens (tertiary/aromatic N) is 4. The molecule has 2 aliphatic heterocycles. The number of benzene rings is 2. The summed E-state index contributed by atoms with van der Waals surface area (Å²) in [5.74, 6) is 0.348. The number of anilines is 1. The lowest BCUT2D eigenvalue weighted by atomic mass is 9.96. The number of morpholine rings is 1. The van der Waals surface area contributed by atoms with Gasteiger partial charge in [-0.3, -0.25) is 9.69 Å². The Morgan fingerprint density at radius 3 is 2.51 bits per heavy atom. The predicted octanol–water partition coefficient (Wildman–Crippen LogP) is 2.76. The molecule has 3 heterocycles. The summed E-state index contributed by atoms with van der Waals surface area (Å²) in [6.07, 6.45) is 1.25. The van der Waals surface area contributed by atoms with Crippen LogP contribution in [0, 0.1) is 11.7 Å². The SMILES string of the molecule is COc1ccc(NC(=O)C2CCN(Cc3nc(-c4ccc(F)cc4)no3)CC2)cc1S(=O)(=O)N1CCOCC1. The summed E-state index contributed by atoms with van der Waals surface area (Å²) < 4.78 is 56.9. The van der Waals surface area contributed by atoms with E-state index in [0.717, 1.165) is 0 Å². The molecule has 0 saturated carbocycles. The first-order chi connectivity index (χ1) is 18.8. The third kappa shape index (κ3) is 6.27. The van der Waals surface area contributed by atoms with E-state index in [-0.39, 0.29) is 41.4 Å². The number of amides is 1. The van der Waals surface area contributed by atoms with Crippen molar-refractivity contribution in [2.75, 3.05) is 51.8 Å². The van der Waals surface area contributed by atoms with Gasteiger partial charge in [-0.05, 0) is 68.4 Å². The third-order valence-corrected chi connectivity index (χ3v) is 8.83. The number of aromatic nitrogens is 2. The Morgan fingerprint density at radius 2 is 1.82 bits per heavy atom. The van der Waals surface area contributed by atoms with Gasteiger partial charge in [0, 0.05) is 30.3 Å². The molecule has 0 radical (unpaired) electrons. The first kappa shape index (κ1) is 27.2. The van der Waals surface area contributed by atoms with E-state index < -0.39 is 10.0 Å². The molecule has 2 aliphatic rings. The minimum atomic E-state index is -3.81. The molecule has 39 heavy (non-hydrogen) atoms. The molecule has 1 amide bonds. The molecule has 13 heteroatoms. The maximum atomic E-state index is 13.2.